The minimum Gasteiger partial charge on any atom is -0.336 e. The van der Waals surface area contributed by atoms with E-state index in [9.17, 15) is 0 Å². The lowest BCUT2D eigenvalue weighted by atomic mass is 10.1. The number of nitrogens with one attached hydrogen (secondary N) is 1. The average Bonchev–Trinajstić information content (AvgIpc) is 2.95. The second-order valence-corrected chi connectivity index (χ2v) is 4.62. The molecule has 1 heterocycles. The molecule has 1 aliphatic carbocycles. The summed E-state index contributed by atoms with van der Waals surface area (Å²) in [7, 11) is 2.08. The van der Waals surface area contributed by atoms with Crippen LogP contribution in [0.25, 0.3) is 0 Å². The first-order chi connectivity index (χ1) is 7.31. The Balaban J connectivity index is 1.99. The Bertz CT molecular complexity index is 302. The van der Waals surface area contributed by atoms with E-state index in [4.69, 9.17) is 0 Å². The van der Waals surface area contributed by atoms with Gasteiger partial charge in [-0.15, -0.1) is 0 Å². The van der Waals surface area contributed by atoms with E-state index in [2.05, 4.69) is 28.8 Å². The fourth-order valence-electron chi connectivity index (χ4n) is 2.02. The van der Waals surface area contributed by atoms with Gasteiger partial charge in [-0.05, 0) is 25.3 Å². The zero-order valence-corrected chi connectivity index (χ0v) is 9.74. The van der Waals surface area contributed by atoms with Crippen molar-refractivity contribution < 1.29 is 0 Å². The average molecular weight is 207 g/mol. The van der Waals surface area contributed by atoms with Crippen molar-refractivity contribution in [3.63, 3.8) is 0 Å². The number of hydrogen-bond donors (Lipinski definition) is 1. The van der Waals surface area contributed by atoms with Crippen LogP contribution in [0.1, 0.15) is 44.3 Å². The number of rotatable bonds is 6. The summed E-state index contributed by atoms with van der Waals surface area (Å²) in [5, 5.41) is 3.62. The summed E-state index contributed by atoms with van der Waals surface area (Å²) in [5.74, 6) is 0.953. The van der Waals surface area contributed by atoms with Crippen LogP contribution in [0.15, 0.2) is 12.5 Å². The summed E-state index contributed by atoms with van der Waals surface area (Å²) in [6.07, 6.45) is 9.20. The van der Waals surface area contributed by atoms with Gasteiger partial charge in [0.25, 0.3) is 0 Å². The highest BCUT2D eigenvalue weighted by atomic mass is 15.1. The van der Waals surface area contributed by atoms with Crippen molar-refractivity contribution >= 4 is 0 Å². The lowest BCUT2D eigenvalue weighted by molar-refractivity contribution is 0.454. The molecule has 3 heteroatoms. The van der Waals surface area contributed by atoms with Crippen LogP contribution in [-0.2, 0) is 7.05 Å². The van der Waals surface area contributed by atoms with Gasteiger partial charge in [-0.25, -0.2) is 4.98 Å². The van der Waals surface area contributed by atoms with Gasteiger partial charge in [0.2, 0.25) is 0 Å². The maximum atomic E-state index is 4.20. The van der Waals surface area contributed by atoms with Crippen LogP contribution in [0.3, 0.4) is 0 Å². The zero-order chi connectivity index (χ0) is 10.7. The van der Waals surface area contributed by atoms with Crippen LogP contribution >= 0.6 is 0 Å². The maximum Gasteiger partial charge on any atom is 0.0946 e. The van der Waals surface area contributed by atoms with Gasteiger partial charge in [0.05, 0.1) is 12.0 Å². The van der Waals surface area contributed by atoms with Crippen molar-refractivity contribution in [3.05, 3.63) is 18.2 Å². The van der Waals surface area contributed by atoms with Crippen molar-refractivity contribution in [1.82, 2.24) is 14.9 Å². The number of hydrogen-bond acceptors (Lipinski definition) is 2. The third-order valence-electron chi connectivity index (χ3n) is 3.12. The van der Waals surface area contributed by atoms with Gasteiger partial charge in [-0.3, -0.25) is 0 Å². The Morgan fingerprint density at radius 2 is 2.40 bits per heavy atom. The summed E-state index contributed by atoms with van der Waals surface area (Å²) in [6, 6.07) is 0.505. The smallest absolute Gasteiger partial charge is 0.0946 e. The van der Waals surface area contributed by atoms with E-state index in [-0.39, 0.29) is 0 Å². The first kappa shape index (κ1) is 10.7. The topological polar surface area (TPSA) is 29.9 Å². The van der Waals surface area contributed by atoms with Crippen molar-refractivity contribution in [2.24, 2.45) is 13.0 Å². The maximum absolute atomic E-state index is 4.20. The molecule has 1 saturated carbocycles. The van der Waals surface area contributed by atoms with Crippen molar-refractivity contribution in [3.8, 4) is 0 Å². The molecule has 15 heavy (non-hydrogen) atoms. The highest BCUT2D eigenvalue weighted by Gasteiger charge is 2.27. The molecule has 1 N–H and O–H groups in total. The number of aryl methyl sites for hydroxylation is 1. The van der Waals surface area contributed by atoms with Crippen LogP contribution < -0.4 is 5.32 Å². The molecule has 1 aliphatic rings. The van der Waals surface area contributed by atoms with Crippen LogP contribution in [-0.4, -0.2) is 16.1 Å². The molecule has 1 aromatic heterocycles. The number of aromatic nitrogens is 2. The molecule has 2 rings (SSSR count). The molecular weight excluding hydrogens is 186 g/mol. The van der Waals surface area contributed by atoms with E-state index >= 15 is 0 Å². The van der Waals surface area contributed by atoms with Crippen LogP contribution in [0.2, 0.25) is 0 Å². The number of nitrogens with zero attached hydrogens (tertiary/aromatic N) is 2. The summed E-state index contributed by atoms with van der Waals surface area (Å²) >= 11 is 0. The van der Waals surface area contributed by atoms with Gasteiger partial charge >= 0.3 is 0 Å². The Hall–Kier alpha value is -0.830. The van der Waals surface area contributed by atoms with Crippen LogP contribution in [0.4, 0.5) is 0 Å². The summed E-state index contributed by atoms with van der Waals surface area (Å²) in [6.45, 7) is 3.31. The first-order valence-electron chi connectivity index (χ1n) is 6.01. The predicted octanol–water partition coefficient (Wildman–Crippen LogP) is 2.26. The summed E-state index contributed by atoms with van der Waals surface area (Å²) in [5.41, 5.74) is 1.33. The summed E-state index contributed by atoms with van der Waals surface area (Å²) < 4.78 is 2.13. The van der Waals surface area contributed by atoms with E-state index in [0.717, 1.165) is 12.5 Å². The van der Waals surface area contributed by atoms with Crippen LogP contribution in [0, 0.1) is 5.92 Å². The molecule has 1 unspecified atom stereocenters. The lowest BCUT2D eigenvalue weighted by Gasteiger charge is -2.18. The molecule has 1 aromatic rings. The van der Waals surface area contributed by atoms with Crippen molar-refractivity contribution in [1.29, 1.82) is 0 Å². The fourth-order valence-corrected chi connectivity index (χ4v) is 2.02. The minimum absolute atomic E-state index is 0.505. The summed E-state index contributed by atoms with van der Waals surface area (Å²) in [4.78, 5) is 4.20. The van der Waals surface area contributed by atoms with Gasteiger partial charge in [0.15, 0.2) is 0 Å². The molecule has 0 bridgehead atoms. The molecule has 1 fully saturated rings. The molecule has 0 radical (unpaired) electrons. The standard InChI is InChI=1S/C12H21N3/c1-3-6-14-11(7-10-4-5-10)12-8-13-9-15(12)2/h8-11,14H,3-7H2,1-2H3. The van der Waals surface area contributed by atoms with Crippen molar-refractivity contribution in [2.75, 3.05) is 6.54 Å². The molecule has 0 saturated heterocycles. The second-order valence-electron chi connectivity index (χ2n) is 4.62. The van der Waals surface area contributed by atoms with E-state index in [1.54, 1.807) is 0 Å². The van der Waals surface area contributed by atoms with Gasteiger partial charge in [0.1, 0.15) is 0 Å². The number of imidazole rings is 1. The van der Waals surface area contributed by atoms with E-state index < -0.39 is 0 Å². The van der Waals surface area contributed by atoms with E-state index in [1.807, 2.05) is 12.5 Å². The molecule has 0 aliphatic heterocycles. The Kier molecular flexibility index (Phi) is 3.41. The normalized spacial score (nSPS) is 18.0. The SMILES string of the molecule is CCCNC(CC1CC1)c1cncn1C. The van der Waals surface area contributed by atoms with E-state index in [1.165, 1.54) is 31.4 Å². The second kappa shape index (κ2) is 4.79. The minimum atomic E-state index is 0.505. The fraction of sp³-hybridized carbons (Fsp3) is 0.750. The molecular formula is C12H21N3. The quantitative estimate of drug-likeness (QED) is 0.775. The predicted molar refractivity (Wildman–Crippen MR) is 61.6 cm³/mol. The van der Waals surface area contributed by atoms with Gasteiger partial charge in [-0.1, -0.05) is 19.8 Å². The first-order valence-corrected chi connectivity index (χ1v) is 6.01. The molecule has 0 spiro atoms. The highest BCUT2D eigenvalue weighted by molar-refractivity contribution is 5.06. The highest BCUT2D eigenvalue weighted by Crippen LogP contribution is 2.37. The zero-order valence-electron chi connectivity index (χ0n) is 9.74. The monoisotopic (exact) mass is 207 g/mol. The lowest BCUT2D eigenvalue weighted by Crippen LogP contribution is -2.24. The third-order valence-corrected chi connectivity index (χ3v) is 3.12. The molecule has 3 nitrogen and oxygen atoms in total. The Morgan fingerprint density at radius 3 is 2.93 bits per heavy atom. The molecule has 84 valence electrons. The van der Waals surface area contributed by atoms with Gasteiger partial charge < -0.3 is 9.88 Å². The molecule has 0 aromatic carbocycles. The third kappa shape index (κ3) is 2.81. The van der Waals surface area contributed by atoms with Gasteiger partial charge in [-0.2, -0.15) is 0 Å². The van der Waals surface area contributed by atoms with Crippen molar-refractivity contribution in [2.45, 2.75) is 38.6 Å². The van der Waals surface area contributed by atoms with Crippen LogP contribution in [0.5, 0.6) is 0 Å². The molecule has 1 atom stereocenters. The molecule has 0 amide bonds. The largest absolute Gasteiger partial charge is 0.336 e. The Labute approximate surface area is 91.9 Å². The van der Waals surface area contributed by atoms with Gasteiger partial charge in [0, 0.05) is 19.3 Å². The Morgan fingerprint density at radius 1 is 1.60 bits per heavy atom. The van der Waals surface area contributed by atoms with E-state index in [0.29, 0.717) is 6.04 Å².